The van der Waals surface area contributed by atoms with Crippen LogP contribution in [0.25, 0.3) is 0 Å². The van der Waals surface area contributed by atoms with E-state index in [2.05, 4.69) is 60.0 Å². The van der Waals surface area contributed by atoms with Crippen LogP contribution in [0.1, 0.15) is 54.4 Å². The van der Waals surface area contributed by atoms with E-state index in [9.17, 15) is 4.79 Å². The molecular formula is C15H31NO2Si. The third-order valence-corrected chi connectivity index (χ3v) is 9.09. The molecule has 1 aliphatic heterocycles. The fourth-order valence-electron chi connectivity index (χ4n) is 2.42. The van der Waals surface area contributed by atoms with E-state index in [1.54, 1.807) is 0 Å². The van der Waals surface area contributed by atoms with Gasteiger partial charge in [-0.05, 0) is 38.9 Å². The van der Waals surface area contributed by atoms with Crippen LogP contribution in [0.5, 0.6) is 0 Å². The van der Waals surface area contributed by atoms with Gasteiger partial charge in [-0.2, -0.15) is 0 Å². The van der Waals surface area contributed by atoms with Gasteiger partial charge in [-0.3, -0.25) is 4.79 Å². The monoisotopic (exact) mass is 285 g/mol. The summed E-state index contributed by atoms with van der Waals surface area (Å²) in [4.78, 5) is 11.9. The van der Waals surface area contributed by atoms with Gasteiger partial charge in [0.2, 0.25) is 0 Å². The summed E-state index contributed by atoms with van der Waals surface area (Å²) in [5, 5.41) is 3.78. The van der Waals surface area contributed by atoms with Crippen molar-refractivity contribution >= 4 is 14.1 Å². The molecule has 1 saturated heterocycles. The van der Waals surface area contributed by atoms with Gasteiger partial charge in [0.15, 0.2) is 8.32 Å². The zero-order valence-electron chi connectivity index (χ0n) is 13.9. The third kappa shape index (κ3) is 4.40. The van der Waals surface area contributed by atoms with Gasteiger partial charge in [0.25, 0.3) is 0 Å². The predicted octanol–water partition coefficient (Wildman–Crippen LogP) is 3.50. The average Bonchev–Trinajstić information content (AvgIpc) is 2.11. The molecular weight excluding hydrogens is 254 g/mol. The van der Waals surface area contributed by atoms with Crippen LogP contribution >= 0.6 is 0 Å². The summed E-state index contributed by atoms with van der Waals surface area (Å²) < 4.78 is 6.41. The summed E-state index contributed by atoms with van der Waals surface area (Å²) in [6, 6.07) is 0.144. The van der Waals surface area contributed by atoms with E-state index in [-0.39, 0.29) is 22.7 Å². The molecule has 0 aromatic carbocycles. The van der Waals surface area contributed by atoms with Crippen LogP contribution in [0, 0.1) is 0 Å². The lowest BCUT2D eigenvalue weighted by Gasteiger charge is -2.44. The number of piperidine rings is 1. The van der Waals surface area contributed by atoms with Gasteiger partial charge in [0, 0.05) is 24.4 Å². The summed E-state index contributed by atoms with van der Waals surface area (Å²) in [5.74, 6) is 0.347. The van der Waals surface area contributed by atoms with Gasteiger partial charge < -0.3 is 9.74 Å². The van der Waals surface area contributed by atoms with Crippen molar-refractivity contribution < 1.29 is 9.22 Å². The third-order valence-electron chi connectivity index (χ3n) is 4.52. The van der Waals surface area contributed by atoms with Gasteiger partial charge in [0.05, 0.1) is 6.10 Å². The maximum Gasteiger partial charge on any atom is 0.192 e. The minimum absolute atomic E-state index is 0.0874. The molecule has 1 aliphatic rings. The summed E-state index contributed by atoms with van der Waals surface area (Å²) in [6.07, 6.45) is 1.31. The molecule has 4 heteroatoms. The van der Waals surface area contributed by atoms with E-state index in [0.717, 1.165) is 0 Å². The van der Waals surface area contributed by atoms with Crippen molar-refractivity contribution in [1.82, 2.24) is 5.32 Å². The Morgan fingerprint density at radius 1 is 1.37 bits per heavy atom. The molecule has 0 spiro atoms. The Hall–Kier alpha value is -0.193. The number of Topliss-reactive ketones (excluding diaryl/α,β-unsaturated/α-hetero) is 1. The van der Waals surface area contributed by atoms with Gasteiger partial charge in [0.1, 0.15) is 5.78 Å². The predicted molar refractivity (Wildman–Crippen MR) is 83.0 cm³/mol. The number of carbonyl (C=O) groups is 1. The molecule has 0 radical (unpaired) electrons. The second-order valence-electron chi connectivity index (χ2n) is 8.14. The van der Waals surface area contributed by atoms with Gasteiger partial charge in [-0.1, -0.05) is 20.8 Å². The Morgan fingerprint density at radius 3 is 2.32 bits per heavy atom. The fraction of sp³-hybridized carbons (Fsp3) is 0.933. The zero-order valence-corrected chi connectivity index (χ0v) is 14.9. The van der Waals surface area contributed by atoms with Crippen LogP contribution in [-0.4, -0.2) is 31.8 Å². The van der Waals surface area contributed by atoms with E-state index in [4.69, 9.17) is 4.43 Å². The minimum Gasteiger partial charge on any atom is -0.413 e. The Kier molecular flexibility index (Phi) is 4.70. The Bertz CT molecular complexity index is 345. The largest absolute Gasteiger partial charge is 0.413 e. The van der Waals surface area contributed by atoms with E-state index in [0.29, 0.717) is 18.6 Å². The summed E-state index contributed by atoms with van der Waals surface area (Å²) in [7, 11) is -1.77. The van der Waals surface area contributed by atoms with Gasteiger partial charge >= 0.3 is 0 Å². The molecule has 0 bridgehead atoms. The molecule has 3 nitrogen and oxygen atoms in total. The highest BCUT2D eigenvalue weighted by atomic mass is 28.4. The molecule has 0 amide bonds. The number of nitrogens with one attached hydrogen (secondary N) is 1. The molecule has 1 N–H and O–H groups in total. The first-order valence-corrected chi connectivity index (χ1v) is 10.2. The van der Waals surface area contributed by atoms with Gasteiger partial charge in [-0.25, -0.2) is 0 Å². The molecule has 1 unspecified atom stereocenters. The number of hydrogen-bond acceptors (Lipinski definition) is 3. The zero-order chi connectivity index (χ0) is 15.1. The minimum atomic E-state index is -1.77. The van der Waals surface area contributed by atoms with Crippen LogP contribution in [0.4, 0.5) is 0 Å². The van der Waals surface area contributed by atoms with E-state index < -0.39 is 8.32 Å². The van der Waals surface area contributed by atoms with Gasteiger partial charge in [-0.15, -0.1) is 0 Å². The quantitative estimate of drug-likeness (QED) is 0.807. The van der Waals surface area contributed by atoms with Crippen LogP contribution < -0.4 is 5.32 Å². The first-order chi connectivity index (χ1) is 8.34. The smallest absolute Gasteiger partial charge is 0.192 e. The summed E-state index contributed by atoms with van der Waals surface area (Å²) >= 11 is 0. The van der Waals surface area contributed by atoms with Crippen molar-refractivity contribution in [3.8, 4) is 0 Å². The Balaban J connectivity index is 2.73. The lowest BCUT2D eigenvalue weighted by atomic mass is 9.87. The number of rotatable bonds is 3. The molecule has 19 heavy (non-hydrogen) atoms. The van der Waals surface area contributed by atoms with Crippen molar-refractivity contribution in [2.45, 2.75) is 90.2 Å². The van der Waals surface area contributed by atoms with Crippen LogP contribution in [0.2, 0.25) is 18.1 Å². The standard InChI is InChI=1S/C15H31NO2Si/c1-11(18-19(7,8)14(2,3)4)13-9-12(17)10-15(5,6)16-13/h11,13,16H,9-10H2,1-8H3/t11-,13?/m0/s1. The maximum absolute atomic E-state index is 11.9. The molecule has 2 atom stereocenters. The summed E-state index contributed by atoms with van der Waals surface area (Å²) in [6.45, 7) is 17.6. The molecule has 112 valence electrons. The molecule has 0 aromatic heterocycles. The second-order valence-corrected chi connectivity index (χ2v) is 12.9. The van der Waals surface area contributed by atoms with Crippen molar-refractivity contribution in [2.24, 2.45) is 0 Å². The fourth-order valence-corrected chi connectivity index (χ4v) is 3.87. The molecule has 1 fully saturated rings. The first-order valence-electron chi connectivity index (χ1n) is 7.31. The summed E-state index contributed by atoms with van der Waals surface area (Å²) in [5.41, 5.74) is -0.106. The van der Waals surface area contributed by atoms with Crippen LogP contribution in [0.3, 0.4) is 0 Å². The Morgan fingerprint density at radius 2 is 1.89 bits per heavy atom. The molecule has 1 rings (SSSR count). The van der Waals surface area contributed by atoms with Crippen LogP contribution in [-0.2, 0) is 9.22 Å². The molecule has 0 aliphatic carbocycles. The lowest BCUT2D eigenvalue weighted by molar-refractivity contribution is -0.123. The number of ketones is 1. The number of hydrogen-bond donors (Lipinski definition) is 1. The highest BCUT2D eigenvalue weighted by Gasteiger charge is 2.42. The highest BCUT2D eigenvalue weighted by Crippen LogP contribution is 2.38. The van der Waals surface area contributed by atoms with E-state index in [1.165, 1.54) is 0 Å². The lowest BCUT2D eigenvalue weighted by Crippen LogP contribution is -2.58. The topological polar surface area (TPSA) is 38.3 Å². The second kappa shape index (κ2) is 5.30. The molecule has 0 saturated carbocycles. The van der Waals surface area contributed by atoms with E-state index >= 15 is 0 Å². The van der Waals surface area contributed by atoms with Crippen molar-refractivity contribution in [1.29, 1.82) is 0 Å². The molecule has 1 heterocycles. The van der Waals surface area contributed by atoms with Crippen molar-refractivity contribution in [3.05, 3.63) is 0 Å². The number of carbonyl (C=O) groups excluding carboxylic acids is 1. The Labute approximate surface area is 119 Å². The van der Waals surface area contributed by atoms with Crippen molar-refractivity contribution in [2.75, 3.05) is 0 Å². The average molecular weight is 286 g/mol. The highest BCUT2D eigenvalue weighted by molar-refractivity contribution is 6.74. The maximum atomic E-state index is 11.9. The van der Waals surface area contributed by atoms with Crippen LogP contribution in [0.15, 0.2) is 0 Å². The SMILES string of the molecule is C[C@H](O[Si](C)(C)C(C)(C)C)C1CC(=O)CC(C)(C)N1. The van der Waals surface area contributed by atoms with E-state index in [1.807, 2.05) is 0 Å². The van der Waals surface area contributed by atoms with Crippen molar-refractivity contribution in [3.63, 3.8) is 0 Å². The molecule has 0 aromatic rings. The normalized spacial score (nSPS) is 26.3. The first kappa shape index (κ1) is 16.9.